The van der Waals surface area contributed by atoms with Crippen LogP contribution in [0.25, 0.3) is 0 Å². The van der Waals surface area contributed by atoms with Crippen molar-refractivity contribution in [3.8, 4) is 11.8 Å². The van der Waals surface area contributed by atoms with Crippen LogP contribution in [0.3, 0.4) is 0 Å². The number of nitrogens with zero attached hydrogens (tertiary/aromatic N) is 1. The normalized spacial score (nSPS) is 14.1. The lowest BCUT2D eigenvalue weighted by Crippen LogP contribution is -2.56. The van der Waals surface area contributed by atoms with Gasteiger partial charge < -0.3 is 15.4 Å². The fourth-order valence-corrected chi connectivity index (χ4v) is 3.88. The van der Waals surface area contributed by atoms with E-state index in [1.807, 2.05) is 5.32 Å². The number of nitrogens with one attached hydrogen (secondary N) is 2. The molecule has 0 fully saturated rings. The Morgan fingerprint density at radius 1 is 0.925 bits per heavy atom. The maximum atomic E-state index is 14.8. The van der Waals surface area contributed by atoms with Crippen molar-refractivity contribution < 1.29 is 44.7 Å². The first-order valence-corrected chi connectivity index (χ1v) is 11.5. The summed E-state index contributed by atoms with van der Waals surface area (Å²) >= 11 is 0. The summed E-state index contributed by atoms with van der Waals surface area (Å²) in [7, 11) is 0. The summed E-state index contributed by atoms with van der Waals surface area (Å²) in [6.45, 7) is 0.847. The topological polar surface area (TPSA) is 74.2 Å². The predicted octanol–water partition coefficient (Wildman–Crippen LogP) is 6.53. The summed E-state index contributed by atoms with van der Waals surface area (Å²) < 4.78 is 113. The third-order valence-electron chi connectivity index (χ3n) is 5.89. The zero-order chi connectivity index (χ0) is 29.7. The Hall–Kier alpha value is -4.34. The third-order valence-corrected chi connectivity index (χ3v) is 5.89. The highest BCUT2D eigenvalue weighted by molar-refractivity contribution is 5.76. The number of hydrogen-bond acceptors (Lipinski definition) is 3. The van der Waals surface area contributed by atoms with E-state index in [0.717, 1.165) is 37.3 Å². The Balaban J connectivity index is 2.23. The molecular formula is C27H21F8N3O2. The molecule has 2 atom stereocenters. The first-order chi connectivity index (χ1) is 18.7. The van der Waals surface area contributed by atoms with E-state index in [2.05, 4.69) is 10.1 Å². The van der Waals surface area contributed by atoms with Gasteiger partial charge in [-0.15, -0.1) is 0 Å². The average molecular weight is 571 g/mol. The maximum Gasteiger partial charge on any atom is 0.461 e. The van der Waals surface area contributed by atoms with Crippen molar-refractivity contribution in [2.45, 2.75) is 43.4 Å². The number of halogens is 8. The second-order valence-corrected chi connectivity index (χ2v) is 8.77. The average Bonchev–Trinajstić information content (AvgIpc) is 2.88. The minimum absolute atomic E-state index is 0.0322. The van der Waals surface area contributed by atoms with Gasteiger partial charge in [-0.2, -0.15) is 31.6 Å². The highest BCUT2D eigenvalue weighted by Crippen LogP contribution is 2.38. The summed E-state index contributed by atoms with van der Waals surface area (Å²) in [6, 6.07) is 11.7. The van der Waals surface area contributed by atoms with Gasteiger partial charge >= 0.3 is 24.5 Å². The predicted molar refractivity (Wildman–Crippen MR) is 127 cm³/mol. The minimum atomic E-state index is -5.01. The van der Waals surface area contributed by atoms with Crippen molar-refractivity contribution >= 4 is 6.03 Å². The zero-order valence-electron chi connectivity index (χ0n) is 20.6. The Bertz CT molecular complexity index is 1360. The molecule has 2 N–H and O–H groups in total. The number of ether oxygens (including phenoxy) is 1. The van der Waals surface area contributed by atoms with E-state index in [1.165, 1.54) is 12.1 Å². The number of hydrogen-bond donors (Lipinski definition) is 2. The van der Waals surface area contributed by atoms with Crippen LogP contribution in [0.5, 0.6) is 5.75 Å². The van der Waals surface area contributed by atoms with Crippen molar-refractivity contribution in [2.75, 3.05) is 0 Å². The number of alkyl halides is 6. The summed E-state index contributed by atoms with van der Waals surface area (Å²) in [5.74, 6) is -6.98. The van der Waals surface area contributed by atoms with E-state index in [4.69, 9.17) is 5.26 Å². The number of carbonyl (C=O) groups excluding carboxylic acids is 1. The third kappa shape index (κ3) is 6.99. The fraction of sp³-hybridized carbons (Fsp3) is 0.259. The van der Waals surface area contributed by atoms with Crippen molar-refractivity contribution in [3.63, 3.8) is 0 Å². The Labute approximate surface area is 223 Å². The summed E-state index contributed by atoms with van der Waals surface area (Å²) in [4.78, 5) is 13.0. The number of benzene rings is 3. The minimum Gasteiger partial charge on any atom is -0.428 e. The van der Waals surface area contributed by atoms with Gasteiger partial charge in [-0.3, -0.25) is 0 Å². The lowest BCUT2D eigenvalue weighted by Gasteiger charge is -2.37. The summed E-state index contributed by atoms with van der Waals surface area (Å²) in [6.07, 6.45) is -9.56. The van der Waals surface area contributed by atoms with Gasteiger partial charge in [-0.05, 0) is 47.9 Å². The number of urea groups is 1. The molecule has 2 unspecified atom stereocenters. The van der Waals surface area contributed by atoms with E-state index in [1.54, 1.807) is 30.3 Å². The number of nitriles is 1. The molecule has 0 saturated heterocycles. The maximum absolute atomic E-state index is 14.8. The number of rotatable bonds is 10. The molecule has 3 rings (SSSR count). The van der Waals surface area contributed by atoms with Crippen LogP contribution in [-0.2, 0) is 12.0 Å². The molecule has 212 valence electrons. The molecule has 3 aromatic carbocycles. The molecule has 0 heterocycles. The van der Waals surface area contributed by atoms with E-state index in [9.17, 15) is 39.9 Å². The van der Waals surface area contributed by atoms with Crippen molar-refractivity contribution in [1.82, 2.24) is 10.6 Å². The standard InChI is InChI=1S/C27H21F8N3O2/c1-16(26(32,33)15-36)37-24(39)38-25(14-17-5-3-2-4-6-17,18-7-9-20(28)10-8-18)19-11-21(29)13-22(12-19)40-27(34,35)23(30)31/h2-13,16,23H,14H2,1H3,(H2,37,38,39). The molecule has 13 heteroatoms. The van der Waals surface area contributed by atoms with Crippen LogP contribution < -0.4 is 15.4 Å². The van der Waals surface area contributed by atoms with Gasteiger partial charge in [0.25, 0.3) is 0 Å². The van der Waals surface area contributed by atoms with Gasteiger partial charge in [0, 0.05) is 12.5 Å². The van der Waals surface area contributed by atoms with E-state index in [-0.39, 0.29) is 17.5 Å². The molecule has 0 radical (unpaired) electrons. The van der Waals surface area contributed by atoms with Gasteiger partial charge in [0.15, 0.2) is 0 Å². The second kappa shape index (κ2) is 11.8. The Morgan fingerprint density at radius 2 is 1.55 bits per heavy atom. The first kappa shape index (κ1) is 30.2. The molecule has 0 bridgehead atoms. The monoisotopic (exact) mass is 571 g/mol. The van der Waals surface area contributed by atoms with Gasteiger partial charge in [-0.1, -0.05) is 42.5 Å². The summed E-state index contributed by atoms with van der Waals surface area (Å²) in [5, 5.41) is 13.0. The molecule has 0 aromatic heterocycles. The van der Waals surface area contributed by atoms with E-state index >= 15 is 0 Å². The molecule has 2 amide bonds. The van der Waals surface area contributed by atoms with E-state index < -0.39 is 53.5 Å². The molecule has 0 aliphatic carbocycles. The van der Waals surface area contributed by atoms with Gasteiger partial charge in [0.2, 0.25) is 0 Å². The first-order valence-electron chi connectivity index (χ1n) is 11.5. The molecule has 40 heavy (non-hydrogen) atoms. The van der Waals surface area contributed by atoms with Crippen LogP contribution in [0, 0.1) is 23.0 Å². The lowest BCUT2D eigenvalue weighted by atomic mass is 9.77. The zero-order valence-corrected chi connectivity index (χ0v) is 20.6. The molecule has 0 saturated carbocycles. The van der Waals surface area contributed by atoms with Gasteiger partial charge in [0.05, 0.1) is 5.54 Å². The Kier molecular flexibility index (Phi) is 8.92. The van der Waals surface area contributed by atoms with Crippen LogP contribution >= 0.6 is 0 Å². The molecule has 3 aromatic rings. The van der Waals surface area contributed by atoms with Crippen LogP contribution in [-0.4, -0.2) is 30.5 Å². The van der Waals surface area contributed by atoms with Crippen LogP contribution in [0.4, 0.5) is 39.9 Å². The van der Waals surface area contributed by atoms with Gasteiger partial charge in [0.1, 0.15) is 29.5 Å². The molecular weight excluding hydrogens is 550 g/mol. The molecule has 0 spiro atoms. The summed E-state index contributed by atoms with van der Waals surface area (Å²) in [5.41, 5.74) is -1.85. The molecule has 0 aliphatic rings. The van der Waals surface area contributed by atoms with Crippen molar-refractivity contribution in [3.05, 3.63) is 101 Å². The second-order valence-electron chi connectivity index (χ2n) is 8.77. The Morgan fingerprint density at radius 3 is 2.12 bits per heavy atom. The van der Waals surface area contributed by atoms with E-state index in [0.29, 0.717) is 11.6 Å². The largest absolute Gasteiger partial charge is 0.461 e. The SMILES string of the molecule is CC(NC(=O)NC(Cc1ccccc1)(c1ccc(F)cc1)c1cc(F)cc(OC(F)(F)C(F)F)c1)C(F)(F)C#N. The van der Waals surface area contributed by atoms with Crippen molar-refractivity contribution in [2.24, 2.45) is 0 Å². The fourth-order valence-electron chi connectivity index (χ4n) is 3.88. The lowest BCUT2D eigenvalue weighted by molar-refractivity contribution is -0.253. The number of amides is 2. The van der Waals surface area contributed by atoms with Crippen LogP contribution in [0.2, 0.25) is 0 Å². The highest BCUT2D eigenvalue weighted by atomic mass is 19.3. The smallest absolute Gasteiger partial charge is 0.428 e. The van der Waals surface area contributed by atoms with Crippen molar-refractivity contribution in [1.29, 1.82) is 5.26 Å². The quantitative estimate of drug-likeness (QED) is 0.272. The molecule has 5 nitrogen and oxygen atoms in total. The van der Waals surface area contributed by atoms with Gasteiger partial charge in [-0.25, -0.2) is 13.6 Å². The number of carbonyl (C=O) groups is 1. The van der Waals surface area contributed by atoms with Crippen LogP contribution in [0.15, 0.2) is 72.8 Å². The van der Waals surface area contributed by atoms with Crippen LogP contribution in [0.1, 0.15) is 23.6 Å². The highest BCUT2D eigenvalue weighted by Gasteiger charge is 2.45. The molecule has 0 aliphatic heterocycles.